The summed E-state index contributed by atoms with van der Waals surface area (Å²) in [6, 6.07) is -1.06. The van der Waals surface area contributed by atoms with Crippen molar-refractivity contribution >= 4 is 17.6 Å². The minimum atomic E-state index is -1.06. The maximum absolute atomic E-state index is 11.8. The molecule has 1 aromatic rings. The lowest BCUT2D eigenvalue weighted by molar-refractivity contribution is -0.120. The van der Waals surface area contributed by atoms with E-state index in [9.17, 15) is 19.2 Å². The van der Waals surface area contributed by atoms with Crippen molar-refractivity contribution in [3.63, 3.8) is 0 Å². The number of nitrogens with zero attached hydrogens (tertiary/aromatic N) is 2. The SMILES string of the molecule is CCn1cc(N)c(=O)n(CC(=O)NC(N)=O)c1=O. The summed E-state index contributed by atoms with van der Waals surface area (Å²) in [6.07, 6.45) is 1.20. The third-order valence-electron chi connectivity index (χ3n) is 2.17. The number of primary amides is 1. The molecule has 3 amide bonds. The van der Waals surface area contributed by atoms with E-state index in [4.69, 9.17) is 11.5 Å². The van der Waals surface area contributed by atoms with E-state index in [1.165, 1.54) is 10.8 Å². The molecule has 0 aliphatic rings. The summed E-state index contributed by atoms with van der Waals surface area (Å²) in [5.41, 5.74) is 8.53. The molecule has 1 aromatic heterocycles. The lowest BCUT2D eigenvalue weighted by Crippen LogP contribution is -2.46. The van der Waals surface area contributed by atoms with Crippen molar-refractivity contribution in [3.8, 4) is 0 Å². The molecule has 0 aliphatic heterocycles. The monoisotopic (exact) mass is 255 g/mol. The zero-order chi connectivity index (χ0) is 13.9. The van der Waals surface area contributed by atoms with Gasteiger partial charge >= 0.3 is 11.7 Å². The van der Waals surface area contributed by atoms with E-state index < -0.39 is 29.7 Å². The smallest absolute Gasteiger partial charge is 0.331 e. The molecule has 0 unspecified atom stereocenters. The van der Waals surface area contributed by atoms with Crippen LogP contribution in [-0.2, 0) is 17.9 Å². The van der Waals surface area contributed by atoms with Crippen LogP contribution < -0.4 is 28.0 Å². The maximum Gasteiger partial charge on any atom is 0.331 e. The van der Waals surface area contributed by atoms with Crippen LogP contribution in [0.4, 0.5) is 10.5 Å². The predicted molar refractivity (Wildman–Crippen MR) is 62.8 cm³/mol. The molecule has 0 atom stereocenters. The molecule has 0 bridgehead atoms. The number of hydrogen-bond acceptors (Lipinski definition) is 5. The Bertz CT molecular complexity index is 600. The van der Waals surface area contributed by atoms with Crippen molar-refractivity contribution in [3.05, 3.63) is 27.0 Å². The molecule has 0 saturated carbocycles. The molecule has 18 heavy (non-hydrogen) atoms. The molecule has 0 aromatic carbocycles. The van der Waals surface area contributed by atoms with Crippen LogP contribution in [0.15, 0.2) is 15.8 Å². The molecule has 0 saturated heterocycles. The molecule has 0 aliphatic carbocycles. The molecule has 0 fully saturated rings. The Labute approximate surface area is 101 Å². The standard InChI is InChI=1S/C9H13N5O4/c1-2-13-3-5(10)7(16)14(9(13)18)4-6(15)12-8(11)17/h3H,2,4,10H2,1H3,(H3,11,12,15,17). The fraction of sp³-hybridized carbons (Fsp3) is 0.333. The number of nitrogens with two attached hydrogens (primary N) is 2. The molecule has 5 N–H and O–H groups in total. The van der Waals surface area contributed by atoms with Gasteiger partial charge in [0, 0.05) is 12.7 Å². The van der Waals surface area contributed by atoms with Gasteiger partial charge in [0.15, 0.2) is 0 Å². The van der Waals surface area contributed by atoms with E-state index in [0.29, 0.717) is 11.1 Å². The van der Waals surface area contributed by atoms with Crippen LogP contribution in [0.5, 0.6) is 0 Å². The van der Waals surface area contributed by atoms with Crippen LogP contribution in [-0.4, -0.2) is 21.1 Å². The highest BCUT2D eigenvalue weighted by Crippen LogP contribution is 1.89. The van der Waals surface area contributed by atoms with Crippen LogP contribution in [0, 0.1) is 0 Å². The summed E-state index contributed by atoms with van der Waals surface area (Å²) in [4.78, 5) is 45.1. The van der Waals surface area contributed by atoms with Gasteiger partial charge in [-0.1, -0.05) is 0 Å². The van der Waals surface area contributed by atoms with Gasteiger partial charge in [-0.3, -0.25) is 19.5 Å². The van der Waals surface area contributed by atoms with Crippen molar-refractivity contribution in [2.75, 3.05) is 5.73 Å². The van der Waals surface area contributed by atoms with Crippen LogP contribution >= 0.6 is 0 Å². The Hall–Kier alpha value is -2.58. The summed E-state index contributed by atoms with van der Waals surface area (Å²) in [7, 11) is 0. The van der Waals surface area contributed by atoms with Crippen molar-refractivity contribution in [1.29, 1.82) is 0 Å². The van der Waals surface area contributed by atoms with Crippen LogP contribution in [0.25, 0.3) is 0 Å². The fourth-order valence-corrected chi connectivity index (χ4v) is 1.36. The van der Waals surface area contributed by atoms with Gasteiger partial charge in [0.05, 0.1) is 0 Å². The highest BCUT2D eigenvalue weighted by atomic mass is 16.2. The van der Waals surface area contributed by atoms with E-state index in [2.05, 4.69) is 0 Å². The van der Waals surface area contributed by atoms with E-state index in [0.717, 1.165) is 0 Å². The summed E-state index contributed by atoms with van der Waals surface area (Å²) >= 11 is 0. The number of amides is 3. The van der Waals surface area contributed by atoms with E-state index in [1.807, 2.05) is 0 Å². The number of nitrogen functional groups attached to an aromatic ring is 1. The quantitative estimate of drug-likeness (QED) is 0.562. The summed E-state index contributed by atoms with van der Waals surface area (Å²) in [5, 5.41) is 1.75. The van der Waals surface area contributed by atoms with Gasteiger partial charge in [0.25, 0.3) is 5.56 Å². The van der Waals surface area contributed by atoms with Gasteiger partial charge in [0.2, 0.25) is 5.91 Å². The molecular weight excluding hydrogens is 242 g/mol. The van der Waals surface area contributed by atoms with Gasteiger partial charge in [0.1, 0.15) is 12.2 Å². The number of urea groups is 1. The average molecular weight is 255 g/mol. The van der Waals surface area contributed by atoms with E-state index in [1.54, 1.807) is 12.2 Å². The van der Waals surface area contributed by atoms with Gasteiger partial charge in [-0.05, 0) is 6.92 Å². The highest BCUT2D eigenvalue weighted by molar-refractivity contribution is 5.93. The molecule has 1 heterocycles. The number of rotatable bonds is 3. The predicted octanol–water partition coefficient (Wildman–Crippen LogP) is -2.19. The van der Waals surface area contributed by atoms with E-state index in [-0.39, 0.29) is 5.69 Å². The summed E-state index contributed by atoms with van der Waals surface area (Å²) in [6.45, 7) is 1.35. The Balaban J connectivity index is 3.20. The first-order valence-corrected chi connectivity index (χ1v) is 5.05. The van der Waals surface area contributed by atoms with Crippen molar-refractivity contribution in [2.45, 2.75) is 20.0 Å². The van der Waals surface area contributed by atoms with Crippen LogP contribution in [0.3, 0.4) is 0 Å². The minimum Gasteiger partial charge on any atom is -0.393 e. The molecular formula is C9H13N5O4. The Morgan fingerprint density at radius 3 is 2.50 bits per heavy atom. The molecule has 9 nitrogen and oxygen atoms in total. The third kappa shape index (κ3) is 2.75. The summed E-state index contributed by atoms with van der Waals surface area (Å²) < 4.78 is 1.81. The number of aryl methyl sites for hydroxylation is 1. The zero-order valence-electron chi connectivity index (χ0n) is 9.67. The number of nitrogens with one attached hydrogen (secondary N) is 1. The largest absolute Gasteiger partial charge is 0.393 e. The van der Waals surface area contributed by atoms with Gasteiger partial charge in [-0.2, -0.15) is 0 Å². The Morgan fingerprint density at radius 1 is 1.39 bits per heavy atom. The van der Waals surface area contributed by atoms with Gasteiger partial charge in [-0.15, -0.1) is 0 Å². The number of carbonyl (C=O) groups is 2. The Morgan fingerprint density at radius 2 is 2.00 bits per heavy atom. The lowest BCUT2D eigenvalue weighted by atomic mass is 10.4. The maximum atomic E-state index is 11.8. The Kier molecular flexibility index (Phi) is 3.87. The van der Waals surface area contributed by atoms with Crippen molar-refractivity contribution < 1.29 is 9.59 Å². The number of aromatic nitrogens is 2. The first kappa shape index (κ1) is 13.5. The minimum absolute atomic E-state index is 0.164. The first-order chi connectivity index (χ1) is 8.36. The highest BCUT2D eigenvalue weighted by Gasteiger charge is 2.13. The second-order valence-corrected chi connectivity index (χ2v) is 3.46. The van der Waals surface area contributed by atoms with Gasteiger partial charge < -0.3 is 11.5 Å². The number of imide groups is 1. The number of hydrogen-bond donors (Lipinski definition) is 3. The molecule has 0 radical (unpaired) electrons. The number of anilines is 1. The second-order valence-electron chi connectivity index (χ2n) is 3.46. The van der Waals surface area contributed by atoms with Crippen LogP contribution in [0.1, 0.15) is 6.92 Å². The van der Waals surface area contributed by atoms with Gasteiger partial charge in [-0.25, -0.2) is 14.2 Å². The lowest BCUT2D eigenvalue weighted by Gasteiger charge is -2.09. The number of carbonyl (C=O) groups excluding carboxylic acids is 2. The molecule has 0 spiro atoms. The normalized spacial score (nSPS) is 10.1. The molecule has 1 rings (SSSR count). The topological polar surface area (TPSA) is 142 Å². The average Bonchev–Trinajstić information content (AvgIpc) is 2.28. The second kappa shape index (κ2) is 5.17. The van der Waals surface area contributed by atoms with Crippen molar-refractivity contribution in [2.24, 2.45) is 5.73 Å². The molecule has 98 valence electrons. The van der Waals surface area contributed by atoms with E-state index >= 15 is 0 Å². The fourth-order valence-electron chi connectivity index (χ4n) is 1.36. The molecule has 9 heteroatoms. The summed E-state index contributed by atoms with van der Waals surface area (Å²) in [5.74, 6) is -0.866. The zero-order valence-corrected chi connectivity index (χ0v) is 9.67. The third-order valence-corrected chi connectivity index (χ3v) is 2.17. The first-order valence-electron chi connectivity index (χ1n) is 5.05. The van der Waals surface area contributed by atoms with Crippen molar-refractivity contribution in [1.82, 2.24) is 14.5 Å². The van der Waals surface area contributed by atoms with Crippen LogP contribution in [0.2, 0.25) is 0 Å².